The molecule has 1 saturated carbocycles. The summed E-state index contributed by atoms with van der Waals surface area (Å²) in [6.45, 7) is 6.11. The minimum Gasteiger partial charge on any atom is -0.316 e. The van der Waals surface area contributed by atoms with Gasteiger partial charge in [-0.15, -0.1) is 11.3 Å². The molecule has 1 aliphatic carbocycles. The van der Waals surface area contributed by atoms with E-state index in [1.165, 1.54) is 11.3 Å². The van der Waals surface area contributed by atoms with Crippen molar-refractivity contribution in [2.75, 3.05) is 13.1 Å². The standard InChI is InChI=1S/C13H22N2O2S2/c1-3-7-14-8-6-11-4-5-13(18-11)19(16,17)15-12-9-10(12)2/h4-5,10,12,14-15H,3,6-9H2,1-2H3. The first-order valence-corrected chi connectivity index (χ1v) is 9.14. The summed E-state index contributed by atoms with van der Waals surface area (Å²) < 4.78 is 27.4. The molecule has 0 aliphatic heterocycles. The minimum absolute atomic E-state index is 0.141. The van der Waals surface area contributed by atoms with Crippen LogP contribution < -0.4 is 10.0 Å². The van der Waals surface area contributed by atoms with Gasteiger partial charge in [-0.1, -0.05) is 13.8 Å². The summed E-state index contributed by atoms with van der Waals surface area (Å²) in [6, 6.07) is 3.78. The van der Waals surface area contributed by atoms with Gasteiger partial charge < -0.3 is 5.32 Å². The van der Waals surface area contributed by atoms with E-state index >= 15 is 0 Å². The first kappa shape index (κ1) is 15.0. The highest BCUT2D eigenvalue weighted by atomic mass is 32.2. The van der Waals surface area contributed by atoms with Crippen LogP contribution in [-0.2, 0) is 16.4 Å². The monoisotopic (exact) mass is 302 g/mol. The molecule has 19 heavy (non-hydrogen) atoms. The van der Waals surface area contributed by atoms with E-state index in [0.717, 1.165) is 37.2 Å². The zero-order valence-corrected chi connectivity index (χ0v) is 13.1. The fourth-order valence-corrected chi connectivity index (χ4v) is 4.62. The number of hydrogen-bond acceptors (Lipinski definition) is 4. The van der Waals surface area contributed by atoms with Crippen LogP contribution in [0.15, 0.2) is 16.3 Å². The number of sulfonamides is 1. The first-order chi connectivity index (χ1) is 9.03. The van der Waals surface area contributed by atoms with E-state index in [1.54, 1.807) is 6.07 Å². The van der Waals surface area contributed by atoms with Crippen molar-refractivity contribution in [1.82, 2.24) is 10.0 Å². The second-order valence-corrected chi connectivity index (χ2v) is 8.27. The van der Waals surface area contributed by atoms with E-state index in [1.807, 2.05) is 6.07 Å². The number of thiophene rings is 1. The summed E-state index contributed by atoms with van der Waals surface area (Å²) in [5.41, 5.74) is 0. The second-order valence-electron chi connectivity index (χ2n) is 5.16. The molecule has 1 aromatic rings. The minimum atomic E-state index is -3.30. The molecule has 4 nitrogen and oxygen atoms in total. The Bertz CT molecular complexity index is 510. The van der Waals surface area contributed by atoms with Gasteiger partial charge in [0.1, 0.15) is 4.21 Å². The van der Waals surface area contributed by atoms with Gasteiger partial charge in [0, 0.05) is 10.9 Å². The first-order valence-electron chi connectivity index (χ1n) is 6.84. The summed E-state index contributed by atoms with van der Waals surface area (Å²) in [6.07, 6.45) is 2.96. The predicted molar refractivity (Wildman–Crippen MR) is 79.1 cm³/mol. The van der Waals surface area contributed by atoms with E-state index in [9.17, 15) is 8.42 Å². The third-order valence-corrected chi connectivity index (χ3v) is 6.42. The van der Waals surface area contributed by atoms with Crippen LogP contribution in [0.25, 0.3) is 0 Å². The van der Waals surface area contributed by atoms with Gasteiger partial charge in [-0.2, -0.15) is 0 Å². The Morgan fingerprint density at radius 3 is 2.74 bits per heavy atom. The van der Waals surface area contributed by atoms with Crippen LogP contribution in [0, 0.1) is 5.92 Å². The Morgan fingerprint density at radius 2 is 2.11 bits per heavy atom. The molecule has 1 fully saturated rings. The zero-order chi connectivity index (χ0) is 13.9. The lowest BCUT2D eigenvalue weighted by Crippen LogP contribution is -2.26. The van der Waals surface area contributed by atoms with Gasteiger partial charge in [0.2, 0.25) is 10.0 Å². The van der Waals surface area contributed by atoms with Crippen molar-refractivity contribution >= 4 is 21.4 Å². The molecule has 0 saturated heterocycles. The number of nitrogens with one attached hydrogen (secondary N) is 2. The van der Waals surface area contributed by atoms with Crippen molar-refractivity contribution in [3.05, 3.63) is 17.0 Å². The Balaban J connectivity index is 1.88. The molecule has 6 heteroatoms. The van der Waals surface area contributed by atoms with E-state index < -0.39 is 10.0 Å². The third kappa shape index (κ3) is 4.27. The van der Waals surface area contributed by atoms with Gasteiger partial charge in [0.25, 0.3) is 0 Å². The zero-order valence-electron chi connectivity index (χ0n) is 11.5. The van der Waals surface area contributed by atoms with Crippen molar-refractivity contribution in [2.45, 2.75) is 43.4 Å². The molecule has 2 rings (SSSR count). The maximum atomic E-state index is 12.1. The van der Waals surface area contributed by atoms with Crippen molar-refractivity contribution in [3.8, 4) is 0 Å². The molecule has 1 aliphatic rings. The van der Waals surface area contributed by atoms with Crippen LogP contribution in [-0.4, -0.2) is 27.5 Å². The summed E-state index contributed by atoms with van der Waals surface area (Å²) in [7, 11) is -3.30. The van der Waals surface area contributed by atoms with Crippen LogP contribution in [0.4, 0.5) is 0 Å². The van der Waals surface area contributed by atoms with Crippen LogP contribution in [0.3, 0.4) is 0 Å². The third-order valence-electron chi connectivity index (χ3n) is 3.29. The molecule has 2 unspecified atom stereocenters. The van der Waals surface area contributed by atoms with Gasteiger partial charge in [-0.25, -0.2) is 13.1 Å². The smallest absolute Gasteiger partial charge is 0.250 e. The van der Waals surface area contributed by atoms with Crippen molar-refractivity contribution in [2.24, 2.45) is 5.92 Å². The maximum absolute atomic E-state index is 12.1. The van der Waals surface area contributed by atoms with Gasteiger partial charge in [0.15, 0.2) is 0 Å². The highest BCUT2D eigenvalue weighted by molar-refractivity contribution is 7.91. The topological polar surface area (TPSA) is 58.2 Å². The van der Waals surface area contributed by atoms with Gasteiger partial charge in [-0.05, 0) is 50.4 Å². The average Bonchev–Trinajstić information content (AvgIpc) is 2.86. The lowest BCUT2D eigenvalue weighted by molar-refractivity contribution is 0.580. The molecule has 0 aromatic carbocycles. The average molecular weight is 302 g/mol. The second kappa shape index (κ2) is 6.35. The highest BCUT2D eigenvalue weighted by Gasteiger charge is 2.36. The Kier molecular flexibility index (Phi) is 5.00. The fraction of sp³-hybridized carbons (Fsp3) is 0.692. The summed E-state index contributed by atoms with van der Waals surface area (Å²) in [5, 5.41) is 3.32. The van der Waals surface area contributed by atoms with E-state index in [-0.39, 0.29) is 6.04 Å². The molecule has 2 atom stereocenters. The largest absolute Gasteiger partial charge is 0.316 e. The molecular weight excluding hydrogens is 280 g/mol. The molecule has 0 radical (unpaired) electrons. The highest BCUT2D eigenvalue weighted by Crippen LogP contribution is 2.31. The molecular formula is C13H22N2O2S2. The summed E-state index contributed by atoms with van der Waals surface area (Å²) in [4.78, 5) is 1.12. The maximum Gasteiger partial charge on any atom is 0.250 e. The number of hydrogen-bond donors (Lipinski definition) is 2. The van der Waals surface area contributed by atoms with E-state index in [4.69, 9.17) is 0 Å². The molecule has 0 bridgehead atoms. The lowest BCUT2D eigenvalue weighted by atomic mass is 10.3. The molecule has 108 valence electrons. The summed E-state index contributed by atoms with van der Waals surface area (Å²) >= 11 is 1.38. The van der Waals surface area contributed by atoms with Crippen LogP contribution in [0.2, 0.25) is 0 Å². The summed E-state index contributed by atoms with van der Waals surface area (Å²) in [5.74, 6) is 0.479. The lowest BCUT2D eigenvalue weighted by Gasteiger charge is -2.03. The number of rotatable bonds is 8. The van der Waals surface area contributed by atoms with Crippen LogP contribution in [0.1, 0.15) is 31.6 Å². The van der Waals surface area contributed by atoms with Crippen molar-refractivity contribution in [3.63, 3.8) is 0 Å². The SMILES string of the molecule is CCCNCCc1ccc(S(=O)(=O)NC2CC2C)s1. The van der Waals surface area contributed by atoms with Gasteiger partial charge in [-0.3, -0.25) is 0 Å². The van der Waals surface area contributed by atoms with Crippen LogP contribution >= 0.6 is 11.3 Å². The molecule has 0 spiro atoms. The van der Waals surface area contributed by atoms with E-state index in [0.29, 0.717) is 10.1 Å². The van der Waals surface area contributed by atoms with Gasteiger partial charge in [0.05, 0.1) is 0 Å². The Hall–Kier alpha value is -0.430. The fourth-order valence-electron chi connectivity index (χ4n) is 1.89. The predicted octanol–water partition coefficient (Wildman–Crippen LogP) is 1.98. The van der Waals surface area contributed by atoms with Crippen LogP contribution in [0.5, 0.6) is 0 Å². The Morgan fingerprint density at radius 1 is 1.37 bits per heavy atom. The molecule has 1 aromatic heterocycles. The van der Waals surface area contributed by atoms with Crippen molar-refractivity contribution < 1.29 is 8.42 Å². The normalized spacial score (nSPS) is 22.6. The molecule has 2 N–H and O–H groups in total. The quantitative estimate of drug-likeness (QED) is 0.722. The van der Waals surface area contributed by atoms with Gasteiger partial charge >= 0.3 is 0 Å². The van der Waals surface area contributed by atoms with E-state index in [2.05, 4.69) is 23.9 Å². The Labute approximate surface area is 119 Å². The molecule has 0 amide bonds. The molecule has 1 heterocycles. The van der Waals surface area contributed by atoms with Crippen molar-refractivity contribution in [1.29, 1.82) is 0 Å².